The van der Waals surface area contributed by atoms with Crippen molar-refractivity contribution in [1.82, 2.24) is 0 Å². The van der Waals surface area contributed by atoms with Gasteiger partial charge in [-0.05, 0) is 58.1 Å². The molecule has 1 atom stereocenters. The normalized spacial score (nSPS) is 16.1. The van der Waals surface area contributed by atoms with E-state index in [4.69, 9.17) is 20.2 Å². The summed E-state index contributed by atoms with van der Waals surface area (Å²) in [7, 11) is 3.35. The molecule has 4 aromatic rings. The molecule has 0 aliphatic carbocycles. The minimum Gasteiger partial charge on any atom is -0.497 e. The van der Waals surface area contributed by atoms with Gasteiger partial charge in [-0.1, -0.05) is 80.6 Å². The van der Waals surface area contributed by atoms with E-state index in [1.54, 1.807) is 14.2 Å². The lowest BCUT2D eigenvalue weighted by atomic mass is 9.77. The Hall–Kier alpha value is -4.05. The maximum Gasteiger partial charge on any atom is 0.139 e. The zero-order valence-corrected chi connectivity index (χ0v) is 20.1. The van der Waals surface area contributed by atoms with Gasteiger partial charge in [0, 0.05) is 5.56 Å². The number of nitrogens with zero attached hydrogens (tertiary/aromatic N) is 1. The van der Waals surface area contributed by atoms with Gasteiger partial charge in [-0.2, -0.15) is 0 Å². The largest absolute Gasteiger partial charge is 0.497 e. The molecule has 1 unspecified atom stereocenters. The van der Waals surface area contributed by atoms with Gasteiger partial charge in [-0.25, -0.2) is 4.99 Å². The second-order valence-electron chi connectivity index (χ2n) is 7.79. The molecule has 34 heavy (non-hydrogen) atoms. The summed E-state index contributed by atoms with van der Waals surface area (Å²) in [6.07, 6.45) is 0. The Kier molecular flexibility index (Phi) is 6.69. The Balaban J connectivity index is 0.00000133. The monoisotopic (exact) mass is 450 g/mol. The number of fused-ring (bicyclic) bond motifs is 1. The van der Waals surface area contributed by atoms with Crippen molar-refractivity contribution >= 4 is 5.84 Å². The van der Waals surface area contributed by atoms with Crippen LogP contribution < -0.4 is 15.2 Å². The van der Waals surface area contributed by atoms with Gasteiger partial charge < -0.3 is 15.2 Å². The van der Waals surface area contributed by atoms with Gasteiger partial charge in [0.2, 0.25) is 0 Å². The standard InChI is InChI=1S/C28H24N2O2.C2H6/c1-31-23-15-13-21(14-16-23)28(26-12-4-3-11-25(26)27(29)30-28)22-9-5-7-19(17-22)20-8-6-10-24(18-20)32-2;1-2/h3-18H,1-2H3,(H2,29,30);1-2H3. The maximum absolute atomic E-state index is 6.45. The first-order chi connectivity index (χ1) is 16.7. The average molecular weight is 451 g/mol. The van der Waals surface area contributed by atoms with Gasteiger partial charge in [-0.3, -0.25) is 0 Å². The van der Waals surface area contributed by atoms with E-state index in [1.165, 1.54) is 0 Å². The van der Waals surface area contributed by atoms with Crippen molar-refractivity contribution in [2.75, 3.05) is 14.2 Å². The molecule has 0 amide bonds. The first-order valence-corrected chi connectivity index (χ1v) is 11.5. The molecular formula is C30H30N2O2. The van der Waals surface area contributed by atoms with E-state index in [0.29, 0.717) is 5.84 Å². The van der Waals surface area contributed by atoms with Crippen molar-refractivity contribution in [3.63, 3.8) is 0 Å². The van der Waals surface area contributed by atoms with Crippen LogP contribution >= 0.6 is 0 Å². The molecule has 0 radical (unpaired) electrons. The first-order valence-electron chi connectivity index (χ1n) is 11.5. The molecule has 1 heterocycles. The molecule has 1 aliphatic rings. The summed E-state index contributed by atoms with van der Waals surface area (Å²) in [4.78, 5) is 5.08. The fourth-order valence-corrected chi connectivity index (χ4v) is 4.49. The average Bonchev–Trinajstić information content (AvgIpc) is 3.23. The van der Waals surface area contributed by atoms with E-state index in [0.717, 1.165) is 44.9 Å². The van der Waals surface area contributed by atoms with E-state index < -0.39 is 5.54 Å². The Bertz CT molecular complexity index is 1310. The summed E-state index contributed by atoms with van der Waals surface area (Å²) in [5.74, 6) is 2.17. The van der Waals surface area contributed by atoms with Crippen LogP contribution in [0.2, 0.25) is 0 Å². The molecule has 4 heteroatoms. The Morgan fingerprint density at radius 3 is 2.00 bits per heavy atom. The molecule has 0 fully saturated rings. The lowest BCUT2D eigenvalue weighted by Gasteiger charge is -2.29. The van der Waals surface area contributed by atoms with Gasteiger partial charge in [0.05, 0.1) is 14.2 Å². The number of aliphatic imine (C=N–C) groups is 1. The molecule has 172 valence electrons. The van der Waals surface area contributed by atoms with Crippen LogP contribution in [0.4, 0.5) is 0 Å². The summed E-state index contributed by atoms with van der Waals surface area (Å²) in [5.41, 5.74) is 12.0. The van der Waals surface area contributed by atoms with E-state index in [2.05, 4.69) is 48.5 Å². The van der Waals surface area contributed by atoms with Gasteiger partial charge in [0.1, 0.15) is 22.9 Å². The summed E-state index contributed by atoms with van der Waals surface area (Å²) >= 11 is 0. The van der Waals surface area contributed by atoms with Gasteiger partial charge in [-0.15, -0.1) is 0 Å². The van der Waals surface area contributed by atoms with Gasteiger partial charge in [0.15, 0.2) is 0 Å². The zero-order valence-electron chi connectivity index (χ0n) is 20.1. The molecule has 0 saturated heterocycles. The van der Waals surface area contributed by atoms with Crippen molar-refractivity contribution in [1.29, 1.82) is 0 Å². The third-order valence-electron chi connectivity index (χ3n) is 6.07. The van der Waals surface area contributed by atoms with E-state index in [9.17, 15) is 0 Å². The van der Waals surface area contributed by atoms with E-state index in [1.807, 2.05) is 62.4 Å². The third kappa shape index (κ3) is 3.92. The molecule has 4 nitrogen and oxygen atoms in total. The summed E-state index contributed by atoms with van der Waals surface area (Å²) in [5, 5.41) is 0. The second kappa shape index (κ2) is 9.84. The smallest absolute Gasteiger partial charge is 0.139 e. The maximum atomic E-state index is 6.45. The molecule has 0 aromatic heterocycles. The molecule has 1 aliphatic heterocycles. The van der Waals surface area contributed by atoms with Crippen LogP contribution in [0.15, 0.2) is 102 Å². The highest BCUT2D eigenvalue weighted by Crippen LogP contribution is 2.46. The lowest BCUT2D eigenvalue weighted by Crippen LogP contribution is -2.25. The van der Waals surface area contributed by atoms with Crippen LogP contribution in [0.3, 0.4) is 0 Å². The number of hydrogen-bond acceptors (Lipinski definition) is 4. The highest BCUT2D eigenvalue weighted by molar-refractivity contribution is 6.03. The van der Waals surface area contributed by atoms with Gasteiger partial charge in [0.25, 0.3) is 0 Å². The summed E-state index contributed by atoms with van der Waals surface area (Å²) < 4.78 is 10.8. The first kappa shape index (κ1) is 23.1. The fourth-order valence-electron chi connectivity index (χ4n) is 4.49. The number of methoxy groups -OCH3 is 2. The highest BCUT2D eigenvalue weighted by Gasteiger charge is 2.42. The van der Waals surface area contributed by atoms with Crippen LogP contribution in [0.5, 0.6) is 11.5 Å². The Morgan fingerprint density at radius 2 is 1.29 bits per heavy atom. The lowest BCUT2D eigenvalue weighted by molar-refractivity contribution is 0.414. The molecule has 2 N–H and O–H groups in total. The number of ether oxygens (including phenoxy) is 2. The summed E-state index contributed by atoms with van der Waals surface area (Å²) in [6.45, 7) is 4.00. The van der Waals surface area contributed by atoms with Crippen LogP contribution in [-0.2, 0) is 5.54 Å². The zero-order chi connectivity index (χ0) is 24.1. The summed E-state index contributed by atoms with van der Waals surface area (Å²) in [6, 6.07) is 32.8. The van der Waals surface area contributed by atoms with E-state index in [-0.39, 0.29) is 0 Å². The highest BCUT2D eigenvalue weighted by atomic mass is 16.5. The quantitative estimate of drug-likeness (QED) is 0.382. The van der Waals surface area contributed by atoms with Crippen LogP contribution in [0, 0.1) is 0 Å². The number of amidine groups is 1. The molecule has 4 aromatic carbocycles. The second-order valence-corrected chi connectivity index (χ2v) is 7.79. The number of rotatable bonds is 5. The van der Waals surface area contributed by atoms with Crippen LogP contribution in [0.1, 0.15) is 36.1 Å². The predicted octanol–water partition coefficient (Wildman–Crippen LogP) is 6.41. The van der Waals surface area contributed by atoms with Crippen LogP contribution in [-0.4, -0.2) is 20.1 Å². The van der Waals surface area contributed by atoms with Crippen molar-refractivity contribution in [3.8, 4) is 22.6 Å². The molecule has 0 spiro atoms. The van der Waals surface area contributed by atoms with Crippen molar-refractivity contribution < 1.29 is 9.47 Å². The minimum atomic E-state index is -0.734. The Morgan fingerprint density at radius 1 is 0.647 bits per heavy atom. The SMILES string of the molecule is CC.COc1ccc(C2(c3cccc(-c4cccc(OC)c4)c3)N=C(N)c3ccccc32)cc1. The van der Waals surface area contributed by atoms with Crippen molar-refractivity contribution in [2.24, 2.45) is 10.7 Å². The molecule has 5 rings (SSSR count). The fraction of sp³-hybridized carbons (Fsp3) is 0.167. The molecule has 0 bridgehead atoms. The van der Waals surface area contributed by atoms with Gasteiger partial charge >= 0.3 is 0 Å². The minimum absolute atomic E-state index is 0.545. The van der Waals surface area contributed by atoms with Crippen LogP contribution in [0.25, 0.3) is 11.1 Å². The third-order valence-corrected chi connectivity index (χ3v) is 6.07. The topological polar surface area (TPSA) is 56.8 Å². The molecule has 0 saturated carbocycles. The predicted molar refractivity (Wildman–Crippen MR) is 140 cm³/mol. The number of nitrogens with two attached hydrogens (primary N) is 1. The van der Waals surface area contributed by atoms with E-state index >= 15 is 0 Å². The number of hydrogen-bond donors (Lipinski definition) is 1. The molecular weight excluding hydrogens is 420 g/mol. The van der Waals surface area contributed by atoms with Crippen molar-refractivity contribution in [2.45, 2.75) is 19.4 Å². The Labute approximate surface area is 201 Å². The number of benzene rings is 4. The van der Waals surface area contributed by atoms with Crippen molar-refractivity contribution in [3.05, 3.63) is 119 Å².